The smallest absolute Gasteiger partial charge is 0.410 e. The highest BCUT2D eigenvalue weighted by Gasteiger charge is 2.33. The van der Waals surface area contributed by atoms with E-state index in [0.29, 0.717) is 19.6 Å². The molecule has 0 aliphatic carbocycles. The molecule has 0 N–H and O–H groups in total. The molecule has 27 heavy (non-hydrogen) atoms. The van der Waals surface area contributed by atoms with Crippen molar-refractivity contribution in [3.8, 4) is 0 Å². The SMILES string of the molecule is COC(=O)CC1CN(C(=O)OC(C)(C)C)CCN1c1ccc([N+](=O)[O-])cc1. The molecular formula is C18H25N3O6. The molecule has 1 amide bonds. The molecule has 1 fully saturated rings. The maximum atomic E-state index is 12.4. The Labute approximate surface area is 158 Å². The quantitative estimate of drug-likeness (QED) is 0.450. The van der Waals surface area contributed by atoms with Gasteiger partial charge in [-0.1, -0.05) is 0 Å². The summed E-state index contributed by atoms with van der Waals surface area (Å²) in [6.07, 6.45) is -0.340. The molecule has 148 valence electrons. The average molecular weight is 379 g/mol. The van der Waals surface area contributed by atoms with E-state index in [1.165, 1.54) is 19.2 Å². The summed E-state index contributed by atoms with van der Waals surface area (Å²) in [6, 6.07) is 5.81. The third-order valence-corrected chi connectivity index (χ3v) is 4.16. The molecule has 1 unspecified atom stereocenters. The highest BCUT2D eigenvalue weighted by molar-refractivity contribution is 5.72. The number of carbonyl (C=O) groups excluding carboxylic acids is 2. The molecule has 0 saturated carbocycles. The van der Waals surface area contributed by atoms with Gasteiger partial charge in [-0.3, -0.25) is 14.9 Å². The predicted molar refractivity (Wildman–Crippen MR) is 98.7 cm³/mol. The molecule has 0 spiro atoms. The van der Waals surface area contributed by atoms with Crippen LogP contribution in [-0.4, -0.2) is 60.3 Å². The molecule has 0 bridgehead atoms. The van der Waals surface area contributed by atoms with Crippen LogP contribution in [0, 0.1) is 10.1 Å². The molecule has 2 rings (SSSR count). The first-order chi connectivity index (χ1) is 12.6. The molecule has 1 aromatic carbocycles. The lowest BCUT2D eigenvalue weighted by molar-refractivity contribution is -0.384. The third-order valence-electron chi connectivity index (χ3n) is 4.16. The van der Waals surface area contributed by atoms with Gasteiger partial charge < -0.3 is 19.3 Å². The lowest BCUT2D eigenvalue weighted by Crippen LogP contribution is -2.56. The van der Waals surface area contributed by atoms with Crippen molar-refractivity contribution in [1.82, 2.24) is 4.90 Å². The zero-order valence-electron chi connectivity index (χ0n) is 16.0. The van der Waals surface area contributed by atoms with Crippen LogP contribution in [0.5, 0.6) is 0 Å². The number of anilines is 1. The fraction of sp³-hybridized carbons (Fsp3) is 0.556. The van der Waals surface area contributed by atoms with Crippen molar-refractivity contribution < 1.29 is 24.0 Å². The molecule has 1 saturated heterocycles. The van der Waals surface area contributed by atoms with Crippen molar-refractivity contribution in [3.05, 3.63) is 34.4 Å². The molecular weight excluding hydrogens is 354 g/mol. The molecule has 1 aliphatic rings. The van der Waals surface area contributed by atoms with Crippen molar-refractivity contribution >= 4 is 23.4 Å². The minimum atomic E-state index is -0.607. The number of hydrogen-bond acceptors (Lipinski definition) is 7. The van der Waals surface area contributed by atoms with Gasteiger partial charge >= 0.3 is 12.1 Å². The van der Waals surface area contributed by atoms with Crippen LogP contribution in [0.25, 0.3) is 0 Å². The normalized spacial score (nSPS) is 17.4. The number of amides is 1. The van der Waals surface area contributed by atoms with Crippen molar-refractivity contribution in [2.24, 2.45) is 0 Å². The number of rotatable bonds is 4. The number of nitro benzene ring substituents is 1. The van der Waals surface area contributed by atoms with Gasteiger partial charge in [-0.25, -0.2) is 4.79 Å². The number of methoxy groups -OCH3 is 1. The van der Waals surface area contributed by atoms with E-state index < -0.39 is 22.6 Å². The summed E-state index contributed by atoms with van der Waals surface area (Å²) in [4.78, 5) is 38.1. The Kier molecular flexibility index (Phi) is 6.24. The Bertz CT molecular complexity index is 698. The zero-order chi connectivity index (χ0) is 20.2. The summed E-state index contributed by atoms with van der Waals surface area (Å²) < 4.78 is 10.2. The van der Waals surface area contributed by atoms with Crippen LogP contribution < -0.4 is 4.90 Å². The maximum Gasteiger partial charge on any atom is 0.410 e. The van der Waals surface area contributed by atoms with Gasteiger partial charge in [-0.05, 0) is 32.9 Å². The maximum absolute atomic E-state index is 12.4. The Morgan fingerprint density at radius 1 is 1.22 bits per heavy atom. The fourth-order valence-electron chi connectivity index (χ4n) is 2.90. The summed E-state index contributed by atoms with van der Waals surface area (Å²) in [5.41, 5.74) is 0.138. The van der Waals surface area contributed by atoms with E-state index in [1.54, 1.807) is 37.8 Å². The van der Waals surface area contributed by atoms with Crippen LogP contribution in [0.4, 0.5) is 16.2 Å². The third kappa shape index (κ3) is 5.57. The summed E-state index contributed by atoms with van der Waals surface area (Å²) in [7, 11) is 1.31. The van der Waals surface area contributed by atoms with Crippen LogP contribution in [0.3, 0.4) is 0 Å². The second-order valence-corrected chi connectivity index (χ2v) is 7.33. The Morgan fingerprint density at radius 2 is 1.85 bits per heavy atom. The number of non-ortho nitro benzene ring substituents is 1. The van der Waals surface area contributed by atoms with E-state index in [2.05, 4.69) is 0 Å². The predicted octanol–water partition coefficient (Wildman–Crippen LogP) is 2.58. The van der Waals surface area contributed by atoms with E-state index >= 15 is 0 Å². The first-order valence-corrected chi connectivity index (χ1v) is 8.66. The second-order valence-electron chi connectivity index (χ2n) is 7.33. The Morgan fingerprint density at radius 3 is 2.37 bits per heavy atom. The molecule has 1 atom stereocenters. The van der Waals surface area contributed by atoms with Gasteiger partial charge in [-0.2, -0.15) is 0 Å². The standard InChI is InChI=1S/C18H25N3O6/c1-18(2,3)27-17(23)19-9-10-20(15(12-19)11-16(22)26-4)13-5-7-14(8-6-13)21(24)25/h5-8,15H,9-12H2,1-4H3. The number of nitro groups is 1. The zero-order valence-corrected chi connectivity index (χ0v) is 16.0. The van der Waals surface area contributed by atoms with Gasteiger partial charge in [0.2, 0.25) is 0 Å². The number of benzene rings is 1. The van der Waals surface area contributed by atoms with Gasteiger partial charge in [0.1, 0.15) is 5.60 Å². The molecule has 1 heterocycles. The molecule has 1 aliphatic heterocycles. The fourth-order valence-corrected chi connectivity index (χ4v) is 2.90. The van der Waals surface area contributed by atoms with Crippen molar-refractivity contribution in [2.45, 2.75) is 38.8 Å². The first kappa shape index (κ1) is 20.5. The van der Waals surface area contributed by atoms with Gasteiger partial charge in [0.05, 0.1) is 24.5 Å². The highest BCUT2D eigenvalue weighted by atomic mass is 16.6. The molecule has 9 nitrogen and oxygen atoms in total. The lowest BCUT2D eigenvalue weighted by atomic mass is 10.1. The number of ether oxygens (including phenoxy) is 2. The topological polar surface area (TPSA) is 102 Å². The van der Waals surface area contributed by atoms with Crippen LogP contribution in [0.15, 0.2) is 24.3 Å². The van der Waals surface area contributed by atoms with E-state index in [1.807, 2.05) is 4.90 Å². The number of nitrogens with zero attached hydrogens (tertiary/aromatic N) is 3. The summed E-state index contributed by atoms with van der Waals surface area (Å²) >= 11 is 0. The van der Waals surface area contributed by atoms with Gasteiger partial charge in [0.15, 0.2) is 0 Å². The van der Waals surface area contributed by atoms with Crippen LogP contribution in [0.1, 0.15) is 27.2 Å². The number of esters is 1. The summed E-state index contributed by atoms with van der Waals surface area (Å²) in [6.45, 7) is 6.57. The number of hydrogen-bond donors (Lipinski definition) is 0. The van der Waals surface area contributed by atoms with Gasteiger partial charge in [0, 0.05) is 37.5 Å². The van der Waals surface area contributed by atoms with E-state index in [9.17, 15) is 19.7 Å². The van der Waals surface area contributed by atoms with Crippen LogP contribution in [0.2, 0.25) is 0 Å². The van der Waals surface area contributed by atoms with Crippen molar-refractivity contribution in [2.75, 3.05) is 31.6 Å². The van der Waals surface area contributed by atoms with E-state index in [-0.39, 0.29) is 18.2 Å². The minimum Gasteiger partial charge on any atom is -0.469 e. The van der Waals surface area contributed by atoms with Gasteiger partial charge in [0.25, 0.3) is 5.69 Å². The molecule has 0 radical (unpaired) electrons. The number of carbonyl (C=O) groups is 2. The van der Waals surface area contributed by atoms with Crippen LogP contribution in [-0.2, 0) is 14.3 Å². The molecule has 0 aromatic heterocycles. The minimum absolute atomic E-state index is 0.00402. The van der Waals surface area contributed by atoms with Gasteiger partial charge in [-0.15, -0.1) is 0 Å². The Hall–Kier alpha value is -2.84. The summed E-state index contributed by atoms with van der Waals surface area (Å²) in [5.74, 6) is -0.391. The van der Waals surface area contributed by atoms with E-state index in [4.69, 9.17) is 9.47 Å². The highest BCUT2D eigenvalue weighted by Crippen LogP contribution is 2.26. The monoisotopic (exact) mass is 379 g/mol. The van der Waals surface area contributed by atoms with Crippen LogP contribution >= 0.6 is 0 Å². The number of piperazine rings is 1. The van der Waals surface area contributed by atoms with E-state index in [0.717, 1.165) is 5.69 Å². The Balaban J connectivity index is 2.18. The molecule has 9 heteroatoms. The summed E-state index contributed by atoms with van der Waals surface area (Å²) in [5, 5.41) is 10.8. The van der Waals surface area contributed by atoms with Crippen molar-refractivity contribution in [1.29, 1.82) is 0 Å². The largest absolute Gasteiger partial charge is 0.469 e. The molecule has 1 aromatic rings. The second kappa shape index (κ2) is 8.24. The lowest BCUT2D eigenvalue weighted by Gasteiger charge is -2.42. The average Bonchev–Trinajstić information content (AvgIpc) is 2.60. The first-order valence-electron chi connectivity index (χ1n) is 8.66. The van der Waals surface area contributed by atoms with Crippen molar-refractivity contribution in [3.63, 3.8) is 0 Å².